The molecule has 0 aromatic heterocycles. The Morgan fingerprint density at radius 2 is 1.68 bits per heavy atom. The molecule has 0 aliphatic carbocycles. The Hall–Kier alpha value is -1.03. The van der Waals surface area contributed by atoms with Gasteiger partial charge in [-0.15, -0.1) is 0 Å². The van der Waals surface area contributed by atoms with E-state index in [1.165, 1.54) is 0 Å². The van der Waals surface area contributed by atoms with Gasteiger partial charge in [-0.2, -0.15) is 0 Å². The van der Waals surface area contributed by atoms with Crippen LogP contribution in [0.4, 0.5) is 0 Å². The molecule has 0 fully saturated rings. The van der Waals surface area contributed by atoms with E-state index in [-0.39, 0.29) is 16.8 Å². The van der Waals surface area contributed by atoms with Crippen molar-refractivity contribution in [1.29, 1.82) is 0 Å². The molecule has 3 nitrogen and oxygen atoms in total. The molecule has 0 N–H and O–H groups in total. The van der Waals surface area contributed by atoms with Gasteiger partial charge in [0.05, 0.1) is 19.6 Å². The van der Waals surface area contributed by atoms with E-state index >= 15 is 0 Å². The first-order valence-corrected chi connectivity index (χ1v) is 8.47. The minimum atomic E-state index is -0.128. The normalized spacial score (nSPS) is 12.1. The fraction of sp³-hybridized carbons (Fsp3) is 0.611. The predicted octanol–water partition coefficient (Wildman–Crippen LogP) is 5.22. The SMILES string of the molecule is CCOC(=O)CC(C)(C)CC(C)(C)COc1ccc(Br)cc1. The fourth-order valence-electron chi connectivity index (χ4n) is 2.82. The Bertz CT molecular complexity index is 478. The molecular weight excluding hydrogens is 344 g/mol. The standard InChI is InChI=1S/C18H27BrO3/c1-6-21-16(20)11-17(2,3)12-18(4,5)13-22-15-9-7-14(19)8-10-15/h7-10H,6,11-13H2,1-5H3. The summed E-state index contributed by atoms with van der Waals surface area (Å²) in [6.45, 7) is 11.4. The zero-order chi connectivity index (χ0) is 16.8. The zero-order valence-corrected chi connectivity index (χ0v) is 15.8. The predicted molar refractivity (Wildman–Crippen MR) is 93.1 cm³/mol. The van der Waals surface area contributed by atoms with Gasteiger partial charge in [0.1, 0.15) is 5.75 Å². The summed E-state index contributed by atoms with van der Waals surface area (Å²) in [7, 11) is 0. The van der Waals surface area contributed by atoms with E-state index in [9.17, 15) is 4.79 Å². The maximum atomic E-state index is 11.7. The lowest BCUT2D eigenvalue weighted by molar-refractivity contribution is -0.145. The topological polar surface area (TPSA) is 35.5 Å². The minimum Gasteiger partial charge on any atom is -0.493 e. The van der Waals surface area contributed by atoms with Gasteiger partial charge in [0.15, 0.2) is 0 Å². The molecule has 22 heavy (non-hydrogen) atoms. The van der Waals surface area contributed by atoms with Gasteiger partial charge in [0.2, 0.25) is 0 Å². The van der Waals surface area contributed by atoms with E-state index in [0.717, 1.165) is 16.6 Å². The number of halogens is 1. The van der Waals surface area contributed by atoms with E-state index < -0.39 is 0 Å². The summed E-state index contributed by atoms with van der Waals surface area (Å²) >= 11 is 3.41. The Morgan fingerprint density at radius 1 is 1.09 bits per heavy atom. The van der Waals surface area contributed by atoms with Crippen LogP contribution in [0.2, 0.25) is 0 Å². The van der Waals surface area contributed by atoms with Crippen LogP contribution in [0.3, 0.4) is 0 Å². The molecular formula is C18H27BrO3. The van der Waals surface area contributed by atoms with Gasteiger partial charge in [-0.3, -0.25) is 4.79 Å². The van der Waals surface area contributed by atoms with Gasteiger partial charge < -0.3 is 9.47 Å². The minimum absolute atomic E-state index is 0.0247. The van der Waals surface area contributed by atoms with Gasteiger partial charge in [-0.25, -0.2) is 0 Å². The number of hydrogen-bond acceptors (Lipinski definition) is 3. The molecule has 1 rings (SSSR count). The third-order valence-corrected chi connectivity index (χ3v) is 3.86. The molecule has 0 unspecified atom stereocenters. The molecule has 0 aliphatic rings. The second-order valence-corrected chi connectivity index (χ2v) is 8.15. The van der Waals surface area contributed by atoms with Gasteiger partial charge in [0.25, 0.3) is 0 Å². The molecule has 0 aliphatic heterocycles. The van der Waals surface area contributed by atoms with Crippen molar-refractivity contribution in [3.63, 3.8) is 0 Å². The highest BCUT2D eigenvalue weighted by molar-refractivity contribution is 9.10. The maximum Gasteiger partial charge on any atom is 0.306 e. The maximum absolute atomic E-state index is 11.7. The van der Waals surface area contributed by atoms with Gasteiger partial charge in [-0.05, 0) is 48.4 Å². The highest BCUT2D eigenvalue weighted by atomic mass is 79.9. The van der Waals surface area contributed by atoms with Crippen molar-refractivity contribution in [1.82, 2.24) is 0 Å². The van der Waals surface area contributed by atoms with Crippen LogP contribution >= 0.6 is 15.9 Å². The smallest absolute Gasteiger partial charge is 0.306 e. The number of esters is 1. The van der Waals surface area contributed by atoms with Crippen LogP contribution in [0.5, 0.6) is 5.75 Å². The van der Waals surface area contributed by atoms with E-state index in [2.05, 4.69) is 43.6 Å². The molecule has 124 valence electrons. The van der Waals surface area contributed by atoms with Gasteiger partial charge in [0, 0.05) is 4.47 Å². The fourth-order valence-corrected chi connectivity index (χ4v) is 3.09. The summed E-state index contributed by atoms with van der Waals surface area (Å²) in [6, 6.07) is 7.83. The number of carbonyl (C=O) groups excluding carboxylic acids is 1. The van der Waals surface area contributed by atoms with Crippen LogP contribution in [-0.4, -0.2) is 19.2 Å². The number of carbonyl (C=O) groups is 1. The zero-order valence-electron chi connectivity index (χ0n) is 14.2. The first-order valence-electron chi connectivity index (χ1n) is 7.67. The molecule has 0 amide bonds. The van der Waals surface area contributed by atoms with Crippen molar-refractivity contribution < 1.29 is 14.3 Å². The Balaban J connectivity index is 2.54. The molecule has 0 bridgehead atoms. The van der Waals surface area contributed by atoms with E-state index in [0.29, 0.717) is 19.6 Å². The Kier molecular flexibility index (Phi) is 6.92. The van der Waals surface area contributed by atoms with Crippen molar-refractivity contribution in [2.75, 3.05) is 13.2 Å². The number of rotatable bonds is 8. The monoisotopic (exact) mass is 370 g/mol. The average Bonchev–Trinajstić information content (AvgIpc) is 2.36. The summed E-state index contributed by atoms with van der Waals surface area (Å²) in [4.78, 5) is 11.7. The van der Waals surface area contributed by atoms with Crippen molar-refractivity contribution in [3.05, 3.63) is 28.7 Å². The third kappa shape index (κ3) is 7.30. The summed E-state index contributed by atoms with van der Waals surface area (Å²) in [6.07, 6.45) is 1.32. The molecule has 4 heteroatoms. The lowest BCUT2D eigenvalue weighted by Gasteiger charge is -2.34. The third-order valence-electron chi connectivity index (χ3n) is 3.33. The Labute approximate surface area is 142 Å². The van der Waals surface area contributed by atoms with Gasteiger partial charge >= 0.3 is 5.97 Å². The van der Waals surface area contributed by atoms with Gasteiger partial charge in [-0.1, -0.05) is 43.6 Å². The number of hydrogen-bond donors (Lipinski definition) is 0. The lowest BCUT2D eigenvalue weighted by atomic mass is 9.74. The average molecular weight is 371 g/mol. The quantitative estimate of drug-likeness (QED) is 0.588. The molecule has 0 atom stereocenters. The largest absolute Gasteiger partial charge is 0.493 e. The molecule has 0 spiro atoms. The molecule has 1 aromatic carbocycles. The van der Waals surface area contributed by atoms with E-state index in [1.54, 1.807) is 0 Å². The molecule has 1 aromatic rings. The van der Waals surface area contributed by atoms with Crippen LogP contribution in [0.1, 0.15) is 47.5 Å². The molecule has 0 saturated heterocycles. The van der Waals surface area contributed by atoms with Crippen molar-refractivity contribution in [2.24, 2.45) is 10.8 Å². The second-order valence-electron chi connectivity index (χ2n) is 7.23. The van der Waals surface area contributed by atoms with E-state index in [4.69, 9.17) is 9.47 Å². The van der Waals surface area contributed by atoms with E-state index in [1.807, 2.05) is 31.2 Å². The first-order chi connectivity index (χ1) is 10.1. The van der Waals surface area contributed by atoms with Crippen molar-refractivity contribution >= 4 is 21.9 Å². The summed E-state index contributed by atoms with van der Waals surface area (Å²) in [5.41, 5.74) is -0.137. The lowest BCUT2D eigenvalue weighted by Crippen LogP contribution is -2.30. The summed E-state index contributed by atoms with van der Waals surface area (Å²) in [5, 5.41) is 0. The van der Waals surface area contributed by atoms with Crippen LogP contribution in [0.25, 0.3) is 0 Å². The molecule has 0 radical (unpaired) electrons. The highest BCUT2D eigenvalue weighted by Crippen LogP contribution is 2.37. The van der Waals surface area contributed by atoms with Crippen molar-refractivity contribution in [3.8, 4) is 5.75 Å². The molecule has 0 saturated carbocycles. The van der Waals surface area contributed by atoms with Crippen LogP contribution < -0.4 is 4.74 Å². The van der Waals surface area contributed by atoms with Crippen LogP contribution in [-0.2, 0) is 9.53 Å². The Morgan fingerprint density at radius 3 is 2.23 bits per heavy atom. The van der Waals surface area contributed by atoms with Crippen LogP contribution in [0.15, 0.2) is 28.7 Å². The summed E-state index contributed by atoms with van der Waals surface area (Å²) in [5.74, 6) is 0.733. The number of benzene rings is 1. The second kappa shape index (κ2) is 8.00. The first kappa shape index (κ1) is 19.0. The van der Waals surface area contributed by atoms with Crippen molar-refractivity contribution in [2.45, 2.75) is 47.5 Å². The number of ether oxygens (including phenoxy) is 2. The van der Waals surface area contributed by atoms with Crippen LogP contribution in [0, 0.1) is 10.8 Å². The highest BCUT2D eigenvalue weighted by Gasteiger charge is 2.31. The summed E-state index contributed by atoms with van der Waals surface area (Å²) < 4.78 is 12.0. The molecule has 0 heterocycles.